The molecule has 27 heavy (non-hydrogen) atoms. The Morgan fingerprint density at radius 1 is 1.19 bits per heavy atom. The fourth-order valence-electron chi connectivity index (χ4n) is 2.50. The van der Waals surface area contributed by atoms with Crippen LogP contribution >= 0.6 is 0 Å². The van der Waals surface area contributed by atoms with Crippen LogP contribution in [0.15, 0.2) is 47.4 Å². The van der Waals surface area contributed by atoms with Gasteiger partial charge in [-0.05, 0) is 55.8 Å². The number of carbonyl (C=O) groups is 1. The largest absolute Gasteiger partial charge is 0.494 e. The van der Waals surface area contributed by atoms with Crippen LogP contribution in [-0.2, 0) is 10.0 Å². The number of hydrogen-bond acceptors (Lipinski definition) is 5. The molecule has 0 radical (unpaired) electrons. The van der Waals surface area contributed by atoms with Crippen molar-refractivity contribution in [3.8, 4) is 5.75 Å². The van der Waals surface area contributed by atoms with E-state index in [0.717, 1.165) is 0 Å². The summed E-state index contributed by atoms with van der Waals surface area (Å²) in [5.74, 6) is 0.319. The van der Waals surface area contributed by atoms with Gasteiger partial charge >= 0.3 is 0 Å². The Morgan fingerprint density at radius 3 is 2.44 bits per heavy atom. The van der Waals surface area contributed by atoms with E-state index >= 15 is 0 Å². The number of sulfonamides is 1. The first-order valence-electron chi connectivity index (χ1n) is 8.62. The number of amides is 1. The predicted molar refractivity (Wildman–Crippen MR) is 106 cm³/mol. The number of carbonyl (C=O) groups excluding carboxylic acids is 1. The van der Waals surface area contributed by atoms with Crippen molar-refractivity contribution in [1.29, 1.82) is 0 Å². The van der Waals surface area contributed by atoms with Gasteiger partial charge in [0.2, 0.25) is 0 Å². The minimum Gasteiger partial charge on any atom is -0.494 e. The molecule has 146 valence electrons. The molecule has 0 aliphatic rings. The van der Waals surface area contributed by atoms with E-state index in [1.165, 1.54) is 23.5 Å². The van der Waals surface area contributed by atoms with E-state index in [9.17, 15) is 13.2 Å². The van der Waals surface area contributed by atoms with Crippen LogP contribution in [0.4, 0.5) is 5.69 Å². The van der Waals surface area contributed by atoms with Gasteiger partial charge < -0.3 is 15.8 Å². The standard InChI is InChI=1S/C19H25N3O4S/c1-4-26-16-8-6-15(7-9-16)22(3)27(24,25)17-10-5-14(2)18(13-17)19(23)21-12-11-20/h5-10,13H,4,11-12,20H2,1-3H3,(H,21,23). The Kier molecular flexibility index (Phi) is 6.81. The van der Waals surface area contributed by atoms with Gasteiger partial charge in [-0.15, -0.1) is 0 Å². The van der Waals surface area contributed by atoms with Gasteiger partial charge in [0.05, 0.1) is 17.2 Å². The molecule has 0 spiro atoms. The number of nitrogens with zero attached hydrogens (tertiary/aromatic N) is 1. The average Bonchev–Trinajstić information content (AvgIpc) is 2.66. The van der Waals surface area contributed by atoms with Gasteiger partial charge in [0, 0.05) is 25.7 Å². The molecule has 0 aliphatic heterocycles. The molecule has 0 saturated carbocycles. The fraction of sp³-hybridized carbons (Fsp3) is 0.316. The zero-order valence-corrected chi connectivity index (χ0v) is 16.5. The molecule has 0 saturated heterocycles. The van der Waals surface area contributed by atoms with E-state index in [2.05, 4.69) is 5.32 Å². The smallest absolute Gasteiger partial charge is 0.264 e. The van der Waals surface area contributed by atoms with E-state index in [1.54, 1.807) is 37.3 Å². The Bertz CT molecular complexity index is 896. The summed E-state index contributed by atoms with van der Waals surface area (Å²) in [5.41, 5.74) is 6.89. The van der Waals surface area contributed by atoms with Crippen LogP contribution in [0, 0.1) is 6.92 Å². The number of hydrogen-bond donors (Lipinski definition) is 2. The topological polar surface area (TPSA) is 102 Å². The summed E-state index contributed by atoms with van der Waals surface area (Å²) in [6.45, 7) is 4.80. The maximum Gasteiger partial charge on any atom is 0.264 e. The zero-order chi connectivity index (χ0) is 20.0. The summed E-state index contributed by atoms with van der Waals surface area (Å²) < 4.78 is 32.5. The summed E-state index contributed by atoms with van der Waals surface area (Å²) >= 11 is 0. The summed E-state index contributed by atoms with van der Waals surface area (Å²) in [6, 6.07) is 11.3. The molecule has 0 aromatic heterocycles. The van der Waals surface area contributed by atoms with Crippen LogP contribution in [0.2, 0.25) is 0 Å². The van der Waals surface area contributed by atoms with Gasteiger partial charge in [-0.3, -0.25) is 9.10 Å². The van der Waals surface area contributed by atoms with Crippen molar-refractivity contribution in [3.05, 3.63) is 53.6 Å². The first-order valence-corrected chi connectivity index (χ1v) is 10.1. The second kappa shape index (κ2) is 8.88. The number of nitrogens with two attached hydrogens (primary N) is 1. The molecule has 1 amide bonds. The Labute approximate surface area is 160 Å². The molecule has 7 nitrogen and oxygen atoms in total. The molecule has 2 aromatic carbocycles. The molecule has 3 N–H and O–H groups in total. The third kappa shape index (κ3) is 4.78. The van der Waals surface area contributed by atoms with E-state index < -0.39 is 10.0 Å². The first-order chi connectivity index (χ1) is 12.8. The lowest BCUT2D eigenvalue weighted by Crippen LogP contribution is -2.30. The summed E-state index contributed by atoms with van der Waals surface area (Å²) in [6.07, 6.45) is 0. The Balaban J connectivity index is 2.33. The van der Waals surface area contributed by atoms with Gasteiger partial charge in [0.15, 0.2) is 0 Å². The average molecular weight is 391 g/mol. The summed E-state index contributed by atoms with van der Waals surface area (Å²) in [4.78, 5) is 12.3. The molecule has 0 aliphatic carbocycles. The van der Waals surface area contributed by atoms with Crippen molar-refractivity contribution in [2.45, 2.75) is 18.7 Å². The zero-order valence-electron chi connectivity index (χ0n) is 15.7. The van der Waals surface area contributed by atoms with Crippen molar-refractivity contribution in [1.82, 2.24) is 5.32 Å². The lowest BCUT2D eigenvalue weighted by atomic mass is 10.1. The van der Waals surface area contributed by atoms with Crippen LogP contribution in [0.25, 0.3) is 0 Å². The lowest BCUT2D eigenvalue weighted by molar-refractivity contribution is 0.0954. The number of aryl methyl sites for hydroxylation is 1. The highest BCUT2D eigenvalue weighted by Crippen LogP contribution is 2.25. The molecule has 0 atom stereocenters. The third-order valence-corrected chi connectivity index (χ3v) is 5.83. The lowest BCUT2D eigenvalue weighted by Gasteiger charge is -2.20. The number of nitrogens with one attached hydrogen (secondary N) is 1. The second-order valence-electron chi connectivity index (χ2n) is 5.92. The number of anilines is 1. The summed E-state index contributed by atoms with van der Waals surface area (Å²) in [5, 5.41) is 2.66. The Morgan fingerprint density at radius 2 is 1.85 bits per heavy atom. The molecule has 0 unspecified atom stereocenters. The van der Waals surface area contributed by atoms with Crippen LogP contribution in [0.5, 0.6) is 5.75 Å². The number of rotatable bonds is 8. The highest BCUT2D eigenvalue weighted by Gasteiger charge is 2.23. The maximum atomic E-state index is 13.0. The molecule has 0 heterocycles. The fourth-order valence-corrected chi connectivity index (χ4v) is 3.73. The molecular weight excluding hydrogens is 366 g/mol. The number of ether oxygens (including phenoxy) is 1. The van der Waals surface area contributed by atoms with Crippen LogP contribution in [0.1, 0.15) is 22.8 Å². The second-order valence-corrected chi connectivity index (χ2v) is 7.89. The monoisotopic (exact) mass is 391 g/mol. The van der Waals surface area contributed by atoms with Crippen molar-refractivity contribution in [2.75, 3.05) is 31.0 Å². The molecule has 2 rings (SSSR count). The Hall–Kier alpha value is -2.58. The molecule has 0 fully saturated rings. The highest BCUT2D eigenvalue weighted by atomic mass is 32.2. The normalized spacial score (nSPS) is 11.1. The first kappa shape index (κ1) is 20.7. The molecular formula is C19H25N3O4S. The van der Waals surface area contributed by atoms with Crippen molar-refractivity contribution >= 4 is 21.6 Å². The highest BCUT2D eigenvalue weighted by molar-refractivity contribution is 7.92. The minimum atomic E-state index is -3.82. The van der Waals surface area contributed by atoms with Gasteiger partial charge in [-0.1, -0.05) is 6.07 Å². The van der Waals surface area contributed by atoms with E-state index in [0.29, 0.717) is 42.3 Å². The predicted octanol–water partition coefficient (Wildman–Crippen LogP) is 1.91. The SMILES string of the molecule is CCOc1ccc(N(C)S(=O)(=O)c2ccc(C)c(C(=O)NCCN)c2)cc1. The van der Waals surface area contributed by atoms with E-state index in [1.807, 2.05) is 6.92 Å². The maximum absolute atomic E-state index is 13.0. The summed E-state index contributed by atoms with van der Waals surface area (Å²) in [7, 11) is -2.35. The minimum absolute atomic E-state index is 0.0439. The molecule has 0 bridgehead atoms. The van der Waals surface area contributed by atoms with Gasteiger partial charge in [0.1, 0.15) is 5.75 Å². The van der Waals surface area contributed by atoms with E-state index in [4.69, 9.17) is 10.5 Å². The number of benzene rings is 2. The third-order valence-electron chi connectivity index (χ3n) is 4.05. The van der Waals surface area contributed by atoms with Crippen molar-refractivity contribution in [2.24, 2.45) is 5.73 Å². The van der Waals surface area contributed by atoms with Gasteiger partial charge in [-0.2, -0.15) is 0 Å². The van der Waals surface area contributed by atoms with E-state index in [-0.39, 0.29) is 10.8 Å². The van der Waals surface area contributed by atoms with Crippen LogP contribution < -0.4 is 20.1 Å². The van der Waals surface area contributed by atoms with Crippen molar-refractivity contribution in [3.63, 3.8) is 0 Å². The molecule has 8 heteroatoms. The van der Waals surface area contributed by atoms with Crippen molar-refractivity contribution < 1.29 is 17.9 Å². The van der Waals surface area contributed by atoms with Gasteiger partial charge in [-0.25, -0.2) is 8.42 Å². The molecule has 2 aromatic rings. The quantitative estimate of drug-likeness (QED) is 0.716. The van der Waals surface area contributed by atoms with Crippen LogP contribution in [-0.4, -0.2) is 41.1 Å². The van der Waals surface area contributed by atoms with Crippen LogP contribution in [0.3, 0.4) is 0 Å². The van der Waals surface area contributed by atoms with Gasteiger partial charge in [0.25, 0.3) is 15.9 Å².